The lowest BCUT2D eigenvalue weighted by molar-refractivity contribution is -0.125. The molecule has 78 valence electrons. The fourth-order valence-electron chi connectivity index (χ4n) is 1.73. The van der Waals surface area contributed by atoms with Crippen molar-refractivity contribution in [1.82, 2.24) is 5.01 Å². The maximum absolute atomic E-state index is 11.5. The van der Waals surface area contributed by atoms with Gasteiger partial charge in [0.25, 0.3) is 0 Å². The number of carbonyl (C=O) groups is 1. The Morgan fingerprint density at radius 1 is 1.33 bits per heavy atom. The Bertz CT molecular complexity index is 383. The summed E-state index contributed by atoms with van der Waals surface area (Å²) >= 11 is 0. The minimum absolute atomic E-state index is 0.102. The topological polar surface area (TPSA) is 23.6 Å². The summed E-state index contributed by atoms with van der Waals surface area (Å²) in [6.07, 6.45) is 2.12. The van der Waals surface area contributed by atoms with Gasteiger partial charge in [-0.25, -0.2) is 5.01 Å². The maximum atomic E-state index is 11.5. The first-order chi connectivity index (χ1) is 7.22. The van der Waals surface area contributed by atoms with Gasteiger partial charge in [0.05, 0.1) is 5.69 Å². The van der Waals surface area contributed by atoms with Gasteiger partial charge < -0.3 is 0 Å². The third-order valence-electron chi connectivity index (χ3n) is 2.56. The zero-order valence-electron chi connectivity index (χ0n) is 8.81. The number of hydrogen-bond donors (Lipinski definition) is 0. The van der Waals surface area contributed by atoms with Gasteiger partial charge in [0.2, 0.25) is 5.91 Å². The first-order valence-electron chi connectivity index (χ1n) is 5.01. The van der Waals surface area contributed by atoms with E-state index in [4.69, 9.17) is 0 Å². The fourth-order valence-corrected chi connectivity index (χ4v) is 1.73. The van der Waals surface area contributed by atoms with Crippen LogP contribution in [0.3, 0.4) is 0 Å². The van der Waals surface area contributed by atoms with Crippen molar-refractivity contribution in [2.75, 3.05) is 11.6 Å². The highest BCUT2D eigenvalue weighted by molar-refractivity contribution is 5.82. The van der Waals surface area contributed by atoms with E-state index in [0.29, 0.717) is 6.42 Å². The van der Waals surface area contributed by atoms with E-state index in [-0.39, 0.29) is 5.91 Å². The highest BCUT2D eigenvalue weighted by Gasteiger charge is 2.26. The lowest BCUT2D eigenvalue weighted by Crippen LogP contribution is -2.34. The molecule has 0 aliphatic carbocycles. The Morgan fingerprint density at radius 3 is 2.60 bits per heavy atom. The standard InChI is InChI=1S/C12H14N2O/c1-3-13-12(15)8-9-14(13)11-6-4-10(2)5-7-11/h3-7H,1,8-9H2,2H3. The Kier molecular flexibility index (Phi) is 2.46. The third kappa shape index (κ3) is 1.73. The normalized spacial score (nSPS) is 15.9. The highest BCUT2D eigenvalue weighted by Crippen LogP contribution is 2.22. The Hall–Kier alpha value is -1.77. The molecular formula is C12H14N2O. The van der Waals surface area contributed by atoms with E-state index < -0.39 is 0 Å². The summed E-state index contributed by atoms with van der Waals surface area (Å²) < 4.78 is 0. The molecule has 1 aromatic rings. The summed E-state index contributed by atoms with van der Waals surface area (Å²) in [5.41, 5.74) is 2.25. The molecule has 0 unspecified atom stereocenters. The van der Waals surface area contributed by atoms with Crippen molar-refractivity contribution in [1.29, 1.82) is 0 Å². The highest BCUT2D eigenvalue weighted by atomic mass is 16.2. The van der Waals surface area contributed by atoms with Crippen molar-refractivity contribution < 1.29 is 4.79 Å². The summed E-state index contributed by atoms with van der Waals surface area (Å²) in [5, 5.41) is 3.51. The van der Waals surface area contributed by atoms with Crippen LogP contribution in [0.15, 0.2) is 37.0 Å². The van der Waals surface area contributed by atoms with Gasteiger partial charge in [-0.2, -0.15) is 0 Å². The average Bonchev–Trinajstić information content (AvgIpc) is 2.61. The molecule has 2 rings (SSSR count). The number of amides is 1. The number of nitrogens with zero attached hydrogens (tertiary/aromatic N) is 2. The number of anilines is 1. The molecule has 0 aromatic heterocycles. The average molecular weight is 202 g/mol. The second-order valence-corrected chi connectivity index (χ2v) is 3.63. The van der Waals surface area contributed by atoms with Crippen LogP contribution in [0.25, 0.3) is 0 Å². The van der Waals surface area contributed by atoms with Crippen LogP contribution < -0.4 is 5.01 Å². The molecule has 1 saturated heterocycles. The first-order valence-corrected chi connectivity index (χ1v) is 5.01. The van der Waals surface area contributed by atoms with Gasteiger partial charge in [0.15, 0.2) is 0 Å². The second kappa shape index (κ2) is 3.77. The van der Waals surface area contributed by atoms with Crippen molar-refractivity contribution in [3.8, 4) is 0 Å². The van der Waals surface area contributed by atoms with Gasteiger partial charge in [-0.3, -0.25) is 9.80 Å². The Labute approximate surface area is 89.6 Å². The zero-order chi connectivity index (χ0) is 10.8. The van der Waals surface area contributed by atoms with Crippen molar-refractivity contribution in [2.24, 2.45) is 0 Å². The van der Waals surface area contributed by atoms with Crippen LogP contribution in [0, 0.1) is 6.92 Å². The molecular weight excluding hydrogens is 188 g/mol. The van der Waals surface area contributed by atoms with Crippen molar-refractivity contribution in [3.63, 3.8) is 0 Å². The maximum Gasteiger partial charge on any atom is 0.247 e. The first kappa shape index (κ1) is 9.77. The van der Waals surface area contributed by atoms with Gasteiger partial charge in [-0.05, 0) is 19.1 Å². The van der Waals surface area contributed by atoms with Crippen LogP contribution in [0.4, 0.5) is 5.69 Å². The lowest BCUT2D eigenvalue weighted by Gasteiger charge is -2.26. The Balaban J connectivity index is 2.27. The number of benzene rings is 1. The fraction of sp³-hybridized carbons (Fsp3) is 0.250. The van der Waals surface area contributed by atoms with Gasteiger partial charge in [-0.15, -0.1) is 0 Å². The molecule has 15 heavy (non-hydrogen) atoms. The van der Waals surface area contributed by atoms with Crippen LogP contribution in [0.1, 0.15) is 12.0 Å². The SMILES string of the molecule is C=CN1C(=O)CCN1c1ccc(C)cc1. The zero-order valence-corrected chi connectivity index (χ0v) is 8.81. The third-order valence-corrected chi connectivity index (χ3v) is 2.56. The molecule has 0 N–H and O–H groups in total. The molecule has 1 aliphatic rings. The van der Waals surface area contributed by atoms with Crippen molar-refractivity contribution >= 4 is 11.6 Å². The molecule has 1 fully saturated rings. The summed E-state index contributed by atoms with van der Waals surface area (Å²) in [7, 11) is 0. The second-order valence-electron chi connectivity index (χ2n) is 3.63. The van der Waals surface area contributed by atoms with Crippen LogP contribution in [-0.4, -0.2) is 17.5 Å². The molecule has 0 saturated carbocycles. The van der Waals surface area contributed by atoms with E-state index in [1.807, 2.05) is 36.2 Å². The molecule has 3 heteroatoms. The molecule has 1 amide bonds. The molecule has 0 radical (unpaired) electrons. The number of rotatable bonds is 2. The van der Waals surface area contributed by atoms with E-state index >= 15 is 0 Å². The van der Waals surface area contributed by atoms with E-state index in [9.17, 15) is 4.79 Å². The van der Waals surface area contributed by atoms with Gasteiger partial charge in [0.1, 0.15) is 0 Å². The summed E-state index contributed by atoms with van der Waals surface area (Å²) in [5.74, 6) is 0.102. The van der Waals surface area contributed by atoms with E-state index in [1.165, 1.54) is 5.56 Å². The molecule has 0 bridgehead atoms. The summed E-state index contributed by atoms with van der Waals surface area (Å²) in [6.45, 7) is 6.43. The molecule has 0 atom stereocenters. The van der Waals surface area contributed by atoms with Crippen molar-refractivity contribution in [3.05, 3.63) is 42.6 Å². The monoisotopic (exact) mass is 202 g/mol. The summed E-state index contributed by atoms with van der Waals surface area (Å²) in [4.78, 5) is 11.5. The quantitative estimate of drug-likeness (QED) is 0.733. The molecule has 1 aromatic carbocycles. The smallest absolute Gasteiger partial charge is 0.247 e. The molecule has 3 nitrogen and oxygen atoms in total. The Morgan fingerprint density at radius 2 is 2.00 bits per heavy atom. The number of aryl methyl sites for hydroxylation is 1. The van der Waals surface area contributed by atoms with Crippen molar-refractivity contribution in [2.45, 2.75) is 13.3 Å². The van der Waals surface area contributed by atoms with Crippen LogP contribution >= 0.6 is 0 Å². The van der Waals surface area contributed by atoms with E-state index in [1.54, 1.807) is 11.2 Å². The van der Waals surface area contributed by atoms with Gasteiger partial charge in [0, 0.05) is 19.2 Å². The summed E-state index contributed by atoms with van der Waals surface area (Å²) in [6, 6.07) is 8.12. The lowest BCUT2D eigenvalue weighted by atomic mass is 10.2. The molecule has 1 heterocycles. The van der Waals surface area contributed by atoms with Crippen LogP contribution in [-0.2, 0) is 4.79 Å². The predicted octanol–water partition coefficient (Wildman–Crippen LogP) is 2.09. The molecule has 0 spiro atoms. The predicted molar refractivity (Wildman–Crippen MR) is 60.2 cm³/mol. The van der Waals surface area contributed by atoms with E-state index in [2.05, 4.69) is 6.58 Å². The minimum atomic E-state index is 0.102. The van der Waals surface area contributed by atoms with Crippen LogP contribution in [0.5, 0.6) is 0 Å². The van der Waals surface area contributed by atoms with Crippen LogP contribution in [0.2, 0.25) is 0 Å². The largest absolute Gasteiger partial charge is 0.278 e. The van der Waals surface area contributed by atoms with Gasteiger partial charge in [-0.1, -0.05) is 24.3 Å². The van der Waals surface area contributed by atoms with E-state index in [0.717, 1.165) is 12.2 Å². The number of carbonyl (C=O) groups excluding carboxylic acids is 1. The van der Waals surface area contributed by atoms with Gasteiger partial charge >= 0.3 is 0 Å². The number of hydrazine groups is 1. The molecule has 1 aliphatic heterocycles. The minimum Gasteiger partial charge on any atom is -0.278 e. The number of hydrogen-bond acceptors (Lipinski definition) is 2.